The maximum atomic E-state index is 12.0. The van der Waals surface area contributed by atoms with Crippen molar-refractivity contribution in [2.45, 2.75) is 38.0 Å². The number of anilines is 2. The molecule has 1 heterocycles. The van der Waals surface area contributed by atoms with Crippen molar-refractivity contribution >= 4 is 51.4 Å². The predicted octanol–water partition coefficient (Wildman–Crippen LogP) is 5.54. The average molecular weight is 371 g/mol. The number of rotatable bonds is 3. The van der Waals surface area contributed by atoms with E-state index in [9.17, 15) is 4.79 Å². The summed E-state index contributed by atoms with van der Waals surface area (Å²) in [4.78, 5) is 12.0. The SMILES string of the molecule is O=C(Nc1ccc(Cl)c(Cl)c1)Nc1nnc(C2CCCCC2)s1. The van der Waals surface area contributed by atoms with Gasteiger partial charge >= 0.3 is 6.03 Å². The highest BCUT2D eigenvalue weighted by Crippen LogP contribution is 2.35. The third kappa shape index (κ3) is 4.34. The monoisotopic (exact) mass is 370 g/mol. The van der Waals surface area contributed by atoms with Gasteiger partial charge in [-0.05, 0) is 31.0 Å². The van der Waals surface area contributed by atoms with Crippen LogP contribution in [-0.2, 0) is 0 Å². The van der Waals surface area contributed by atoms with Crippen LogP contribution in [0.4, 0.5) is 15.6 Å². The van der Waals surface area contributed by atoms with Crippen LogP contribution in [0.3, 0.4) is 0 Å². The van der Waals surface area contributed by atoms with Crippen molar-refractivity contribution in [3.63, 3.8) is 0 Å². The van der Waals surface area contributed by atoms with E-state index in [1.54, 1.807) is 18.2 Å². The minimum absolute atomic E-state index is 0.380. The molecule has 0 radical (unpaired) electrons. The van der Waals surface area contributed by atoms with Crippen molar-refractivity contribution in [1.82, 2.24) is 10.2 Å². The van der Waals surface area contributed by atoms with Gasteiger partial charge in [0.1, 0.15) is 5.01 Å². The fourth-order valence-corrected chi connectivity index (χ4v) is 3.84. The van der Waals surface area contributed by atoms with Crippen LogP contribution in [0.2, 0.25) is 10.0 Å². The van der Waals surface area contributed by atoms with Gasteiger partial charge in [0.2, 0.25) is 5.13 Å². The summed E-state index contributed by atoms with van der Waals surface area (Å²) in [6, 6.07) is 4.53. The molecular weight excluding hydrogens is 355 g/mol. The lowest BCUT2D eigenvalue weighted by Crippen LogP contribution is -2.19. The number of carbonyl (C=O) groups excluding carboxylic acids is 1. The minimum atomic E-state index is -0.380. The molecule has 0 unspecified atom stereocenters. The quantitative estimate of drug-likeness (QED) is 0.745. The molecule has 122 valence electrons. The maximum absolute atomic E-state index is 12.0. The topological polar surface area (TPSA) is 66.9 Å². The summed E-state index contributed by atoms with van der Waals surface area (Å²) in [6.07, 6.45) is 6.09. The first-order chi connectivity index (χ1) is 11.1. The Morgan fingerprint density at radius 3 is 2.61 bits per heavy atom. The number of urea groups is 1. The summed E-state index contributed by atoms with van der Waals surface area (Å²) in [5, 5.41) is 16.0. The molecule has 5 nitrogen and oxygen atoms in total. The van der Waals surface area contributed by atoms with Crippen LogP contribution >= 0.6 is 34.5 Å². The van der Waals surface area contributed by atoms with Crippen LogP contribution in [0.1, 0.15) is 43.0 Å². The van der Waals surface area contributed by atoms with Crippen LogP contribution in [0.5, 0.6) is 0 Å². The fraction of sp³-hybridized carbons (Fsp3) is 0.400. The number of nitrogens with one attached hydrogen (secondary N) is 2. The van der Waals surface area contributed by atoms with Crippen LogP contribution in [0.25, 0.3) is 0 Å². The molecule has 0 aliphatic heterocycles. The molecule has 1 aromatic heterocycles. The van der Waals surface area contributed by atoms with Crippen molar-refractivity contribution in [1.29, 1.82) is 0 Å². The van der Waals surface area contributed by atoms with Gasteiger partial charge in [-0.25, -0.2) is 4.79 Å². The predicted molar refractivity (Wildman–Crippen MR) is 94.8 cm³/mol. The second-order valence-corrected chi connectivity index (χ2v) is 7.31. The van der Waals surface area contributed by atoms with Crippen LogP contribution in [-0.4, -0.2) is 16.2 Å². The molecule has 1 aliphatic carbocycles. The first kappa shape index (κ1) is 16.5. The molecule has 3 rings (SSSR count). The number of carbonyl (C=O) groups is 1. The zero-order valence-electron chi connectivity index (χ0n) is 12.3. The summed E-state index contributed by atoms with van der Waals surface area (Å²) in [6.45, 7) is 0. The Hall–Kier alpha value is -1.37. The van der Waals surface area contributed by atoms with Gasteiger partial charge in [0.15, 0.2) is 0 Å². The number of amides is 2. The van der Waals surface area contributed by atoms with Crippen molar-refractivity contribution in [3.05, 3.63) is 33.3 Å². The van der Waals surface area contributed by atoms with Gasteiger partial charge in [-0.1, -0.05) is 53.8 Å². The third-order valence-corrected chi connectivity index (χ3v) is 5.53. The number of benzene rings is 1. The number of hydrogen-bond donors (Lipinski definition) is 2. The Morgan fingerprint density at radius 2 is 1.87 bits per heavy atom. The molecule has 1 aliphatic rings. The Morgan fingerprint density at radius 1 is 1.09 bits per heavy atom. The first-order valence-corrected chi connectivity index (χ1v) is 9.05. The zero-order valence-corrected chi connectivity index (χ0v) is 14.6. The number of nitrogens with zero attached hydrogens (tertiary/aromatic N) is 2. The lowest BCUT2D eigenvalue weighted by Gasteiger charge is -2.18. The third-order valence-electron chi connectivity index (χ3n) is 3.79. The van der Waals surface area contributed by atoms with Gasteiger partial charge < -0.3 is 5.32 Å². The van der Waals surface area contributed by atoms with E-state index in [4.69, 9.17) is 23.2 Å². The molecule has 0 spiro atoms. The summed E-state index contributed by atoms with van der Waals surface area (Å²) >= 11 is 13.2. The maximum Gasteiger partial charge on any atom is 0.325 e. The number of aromatic nitrogens is 2. The molecule has 2 aromatic rings. The number of hydrogen-bond acceptors (Lipinski definition) is 4. The van der Waals surface area contributed by atoms with E-state index in [0.717, 1.165) is 17.8 Å². The summed E-state index contributed by atoms with van der Waals surface area (Å²) in [7, 11) is 0. The molecule has 2 N–H and O–H groups in total. The highest BCUT2D eigenvalue weighted by atomic mass is 35.5. The molecule has 1 saturated carbocycles. The Bertz CT molecular complexity index is 701. The van der Waals surface area contributed by atoms with Gasteiger partial charge in [0.25, 0.3) is 0 Å². The molecule has 8 heteroatoms. The van der Waals surface area contributed by atoms with Gasteiger partial charge in [-0.2, -0.15) is 0 Å². The summed E-state index contributed by atoms with van der Waals surface area (Å²) < 4.78 is 0. The van der Waals surface area contributed by atoms with Crippen LogP contribution < -0.4 is 10.6 Å². The minimum Gasteiger partial charge on any atom is -0.308 e. The highest BCUT2D eigenvalue weighted by Gasteiger charge is 2.20. The van der Waals surface area contributed by atoms with E-state index in [2.05, 4.69) is 20.8 Å². The molecular formula is C15H16Cl2N4OS. The molecule has 1 aromatic carbocycles. The second kappa shape index (κ2) is 7.47. The van der Waals surface area contributed by atoms with Crippen molar-refractivity contribution in [2.75, 3.05) is 10.6 Å². The molecule has 2 amide bonds. The smallest absolute Gasteiger partial charge is 0.308 e. The highest BCUT2D eigenvalue weighted by molar-refractivity contribution is 7.15. The van der Waals surface area contributed by atoms with Gasteiger partial charge in [0.05, 0.1) is 10.0 Å². The first-order valence-electron chi connectivity index (χ1n) is 7.48. The normalized spacial score (nSPS) is 15.4. The summed E-state index contributed by atoms with van der Waals surface area (Å²) in [5.41, 5.74) is 0.564. The van der Waals surface area contributed by atoms with Gasteiger partial charge in [-0.15, -0.1) is 10.2 Å². The molecule has 1 fully saturated rings. The number of halogens is 2. The molecule has 23 heavy (non-hydrogen) atoms. The second-order valence-electron chi connectivity index (χ2n) is 5.49. The van der Waals surface area contributed by atoms with Gasteiger partial charge in [-0.3, -0.25) is 5.32 Å². The Kier molecular flexibility index (Phi) is 5.35. The molecule has 0 atom stereocenters. The van der Waals surface area contributed by atoms with E-state index < -0.39 is 0 Å². The van der Waals surface area contributed by atoms with Crippen molar-refractivity contribution < 1.29 is 4.79 Å². The van der Waals surface area contributed by atoms with E-state index >= 15 is 0 Å². The van der Waals surface area contributed by atoms with E-state index in [-0.39, 0.29) is 6.03 Å². The van der Waals surface area contributed by atoms with Crippen molar-refractivity contribution in [2.24, 2.45) is 0 Å². The lowest BCUT2D eigenvalue weighted by molar-refractivity contribution is 0.262. The standard InChI is InChI=1S/C15H16Cl2N4OS/c16-11-7-6-10(8-12(11)17)18-14(22)19-15-21-20-13(23-15)9-4-2-1-3-5-9/h6-9H,1-5H2,(H2,18,19,21,22). The van der Waals surface area contributed by atoms with Crippen LogP contribution in [0.15, 0.2) is 18.2 Å². The lowest BCUT2D eigenvalue weighted by atomic mass is 9.90. The Labute approximate surface area is 148 Å². The van der Waals surface area contributed by atoms with E-state index in [0.29, 0.717) is 26.8 Å². The van der Waals surface area contributed by atoms with E-state index in [1.807, 2.05) is 0 Å². The van der Waals surface area contributed by atoms with E-state index in [1.165, 1.54) is 30.6 Å². The van der Waals surface area contributed by atoms with Gasteiger partial charge in [0, 0.05) is 11.6 Å². The summed E-state index contributed by atoms with van der Waals surface area (Å²) in [5.74, 6) is 0.481. The molecule has 0 bridgehead atoms. The zero-order chi connectivity index (χ0) is 16.2. The largest absolute Gasteiger partial charge is 0.325 e. The molecule has 0 saturated heterocycles. The average Bonchev–Trinajstić information content (AvgIpc) is 3.00. The Balaban J connectivity index is 1.59. The fourth-order valence-electron chi connectivity index (χ4n) is 2.63. The van der Waals surface area contributed by atoms with Crippen LogP contribution in [0, 0.1) is 0 Å². The van der Waals surface area contributed by atoms with Crippen molar-refractivity contribution in [3.8, 4) is 0 Å².